The van der Waals surface area contributed by atoms with E-state index in [1.807, 2.05) is 0 Å². The zero-order chi connectivity index (χ0) is 19.5. The summed E-state index contributed by atoms with van der Waals surface area (Å²) in [5.74, 6) is -19.0. The molecule has 1 aliphatic rings. The van der Waals surface area contributed by atoms with E-state index in [9.17, 15) is 62.1 Å². The molecule has 0 aromatic heterocycles. The minimum absolute atomic E-state index is 3.07. The molecule has 1 atom stereocenters. The average molecular weight is 389 g/mol. The number of amides is 1. The topological polar surface area (TPSA) is 26.8 Å². The van der Waals surface area contributed by atoms with Gasteiger partial charge in [0, 0.05) is 5.34 Å². The molecule has 0 N–H and O–H groups in total. The fourth-order valence-corrected chi connectivity index (χ4v) is 1.64. The second-order valence-electron chi connectivity index (χ2n) is 3.88. The molecule has 140 valence electrons. The van der Waals surface area contributed by atoms with Gasteiger partial charge in [-0.05, 0) is 0 Å². The van der Waals surface area contributed by atoms with Crippen molar-refractivity contribution in [2.75, 3.05) is 0 Å². The lowest BCUT2D eigenvalue weighted by Crippen LogP contribution is -2.76. The number of hydrogen-bond donors (Lipinski definition) is 0. The Morgan fingerprint density at radius 3 is 1.62 bits per heavy atom. The molecule has 4 nitrogen and oxygen atoms in total. The van der Waals surface area contributed by atoms with E-state index in [-0.39, 0.29) is 0 Å². The first-order valence-electron chi connectivity index (χ1n) is 4.94. The van der Waals surface area contributed by atoms with Gasteiger partial charge < -0.3 is 0 Å². The average Bonchev–Trinajstić information content (AvgIpc) is 2.31. The molecule has 0 aromatic rings. The van der Waals surface area contributed by atoms with Crippen LogP contribution >= 0.6 is 0 Å². The SMILES string of the molecule is O=C(N(F)F)C1(F)N(C(F)(F)F)C(F)=C(F)C(F)(F)N1C(F)(F)F. The highest BCUT2D eigenvalue weighted by atomic mass is 19.4. The highest BCUT2D eigenvalue weighted by Gasteiger charge is 2.79. The summed E-state index contributed by atoms with van der Waals surface area (Å²) in [6.45, 7) is 0. The molecule has 0 fully saturated rings. The standard InChI is InChI=1S/C7F13N3O/c8-1-2(9)21(6(13,14)15)5(12,3(24)22(19)20)23(4(1,10)11)7(16,17)18. The molecular formula is C7F13N3O. The van der Waals surface area contributed by atoms with Gasteiger partial charge in [-0.3, -0.25) is 4.79 Å². The molecule has 1 heterocycles. The first-order chi connectivity index (χ1) is 10.4. The van der Waals surface area contributed by atoms with Crippen LogP contribution in [0.25, 0.3) is 0 Å². The number of rotatable bonds is 1. The van der Waals surface area contributed by atoms with Gasteiger partial charge in [0.25, 0.3) is 0 Å². The first kappa shape index (κ1) is 20.1. The van der Waals surface area contributed by atoms with E-state index >= 15 is 0 Å². The number of nitrogens with zero attached hydrogens (tertiary/aromatic N) is 3. The summed E-state index contributed by atoms with van der Waals surface area (Å²) in [6.07, 6.45) is -13.9. The summed E-state index contributed by atoms with van der Waals surface area (Å²) >= 11 is 0. The van der Waals surface area contributed by atoms with E-state index < -0.39 is 57.4 Å². The molecule has 0 aliphatic carbocycles. The molecule has 0 spiro atoms. The zero-order valence-electron chi connectivity index (χ0n) is 10.2. The molecule has 0 aromatic carbocycles. The quantitative estimate of drug-likeness (QED) is 0.390. The summed E-state index contributed by atoms with van der Waals surface area (Å²) in [5, 5.41) is -3.27. The van der Waals surface area contributed by atoms with Crippen LogP contribution in [0.2, 0.25) is 0 Å². The maximum absolute atomic E-state index is 14.1. The molecule has 1 rings (SSSR count). The maximum atomic E-state index is 14.1. The van der Waals surface area contributed by atoms with Crippen LogP contribution in [0.1, 0.15) is 0 Å². The third kappa shape index (κ3) is 2.69. The molecule has 0 saturated carbocycles. The van der Waals surface area contributed by atoms with E-state index in [0.29, 0.717) is 0 Å². The van der Waals surface area contributed by atoms with Crippen LogP contribution in [-0.2, 0) is 4.79 Å². The molecule has 24 heavy (non-hydrogen) atoms. The Labute approximate surface area is 121 Å². The van der Waals surface area contributed by atoms with Gasteiger partial charge >= 0.3 is 30.5 Å². The molecular weight excluding hydrogens is 389 g/mol. The van der Waals surface area contributed by atoms with Crippen LogP contribution in [-0.4, -0.2) is 45.6 Å². The van der Waals surface area contributed by atoms with Crippen molar-refractivity contribution in [2.24, 2.45) is 0 Å². The Morgan fingerprint density at radius 1 is 0.917 bits per heavy atom. The van der Waals surface area contributed by atoms with Crippen LogP contribution < -0.4 is 0 Å². The van der Waals surface area contributed by atoms with Gasteiger partial charge in [0.1, 0.15) is 0 Å². The summed E-state index contributed by atoms with van der Waals surface area (Å²) in [4.78, 5) is 4.25. The lowest BCUT2D eigenvalue weighted by Gasteiger charge is -2.48. The number of carbonyl (C=O) groups excluding carboxylic acids is 1. The number of halogens is 13. The van der Waals surface area contributed by atoms with Crippen LogP contribution in [0.5, 0.6) is 0 Å². The molecule has 0 bridgehead atoms. The van der Waals surface area contributed by atoms with Crippen molar-refractivity contribution in [2.45, 2.75) is 24.6 Å². The number of hydrogen-bond acceptors (Lipinski definition) is 3. The lowest BCUT2D eigenvalue weighted by atomic mass is 10.2. The minimum atomic E-state index is -7.04. The molecule has 1 unspecified atom stereocenters. The molecule has 0 radical (unpaired) electrons. The van der Waals surface area contributed by atoms with Crippen molar-refractivity contribution < 1.29 is 62.1 Å². The van der Waals surface area contributed by atoms with Crippen molar-refractivity contribution >= 4 is 5.91 Å². The fourth-order valence-electron chi connectivity index (χ4n) is 1.64. The Hall–Kier alpha value is -1.94. The van der Waals surface area contributed by atoms with Crippen molar-refractivity contribution in [1.82, 2.24) is 15.1 Å². The Morgan fingerprint density at radius 2 is 1.33 bits per heavy atom. The fraction of sp³-hybridized carbons (Fsp3) is 0.571. The van der Waals surface area contributed by atoms with Crippen molar-refractivity contribution in [3.05, 3.63) is 11.8 Å². The van der Waals surface area contributed by atoms with E-state index in [1.54, 1.807) is 0 Å². The van der Waals surface area contributed by atoms with E-state index in [1.165, 1.54) is 0 Å². The van der Waals surface area contributed by atoms with E-state index in [2.05, 4.69) is 0 Å². The highest BCUT2D eigenvalue weighted by molar-refractivity contribution is 5.83. The maximum Gasteiger partial charge on any atom is 0.490 e. The Balaban J connectivity index is 3.95. The summed E-state index contributed by atoms with van der Waals surface area (Å²) < 4.78 is 165. The van der Waals surface area contributed by atoms with Crippen LogP contribution in [0, 0.1) is 0 Å². The third-order valence-corrected chi connectivity index (χ3v) is 2.45. The van der Waals surface area contributed by atoms with Crippen molar-refractivity contribution in [3.8, 4) is 0 Å². The lowest BCUT2D eigenvalue weighted by molar-refractivity contribution is -0.432. The van der Waals surface area contributed by atoms with Gasteiger partial charge in [0.2, 0.25) is 11.8 Å². The van der Waals surface area contributed by atoms with Gasteiger partial charge in [-0.1, -0.05) is 13.9 Å². The van der Waals surface area contributed by atoms with Crippen LogP contribution in [0.3, 0.4) is 0 Å². The predicted octanol–water partition coefficient (Wildman–Crippen LogP) is 3.57. The molecule has 1 amide bonds. The molecule has 0 saturated heterocycles. The Kier molecular flexibility index (Phi) is 4.42. The zero-order valence-corrected chi connectivity index (χ0v) is 10.2. The van der Waals surface area contributed by atoms with Gasteiger partial charge in [-0.2, -0.15) is 35.1 Å². The summed E-state index contributed by atoms with van der Waals surface area (Å²) in [7, 11) is 0. The van der Waals surface area contributed by atoms with Gasteiger partial charge in [0.15, 0.2) is 0 Å². The van der Waals surface area contributed by atoms with E-state index in [4.69, 9.17) is 0 Å². The predicted molar refractivity (Wildman–Crippen MR) is 42.9 cm³/mol. The van der Waals surface area contributed by atoms with Gasteiger partial charge in [0.05, 0.1) is 0 Å². The number of alkyl halides is 9. The third-order valence-electron chi connectivity index (χ3n) is 2.45. The summed E-state index contributed by atoms with van der Waals surface area (Å²) in [6, 6.07) is -6.59. The number of carbonyl (C=O) groups is 1. The Bertz CT molecular complexity index is 565. The normalized spacial score (nSPS) is 26.0. The second kappa shape index (κ2) is 5.28. The van der Waals surface area contributed by atoms with Crippen LogP contribution in [0.15, 0.2) is 11.8 Å². The largest absolute Gasteiger partial charge is 0.490 e. The van der Waals surface area contributed by atoms with Gasteiger partial charge in [-0.25, -0.2) is 4.90 Å². The second-order valence-corrected chi connectivity index (χ2v) is 3.88. The monoisotopic (exact) mass is 389 g/mol. The summed E-state index contributed by atoms with van der Waals surface area (Å²) in [5.41, 5.74) is 0. The highest BCUT2D eigenvalue weighted by Crippen LogP contribution is 2.54. The smallest absolute Gasteiger partial charge is 0.261 e. The van der Waals surface area contributed by atoms with Crippen molar-refractivity contribution in [3.63, 3.8) is 0 Å². The minimum Gasteiger partial charge on any atom is -0.261 e. The molecule has 17 heteroatoms. The molecule has 1 aliphatic heterocycles. The van der Waals surface area contributed by atoms with E-state index in [0.717, 1.165) is 0 Å². The van der Waals surface area contributed by atoms with Crippen LogP contribution in [0.4, 0.5) is 57.3 Å². The first-order valence-corrected chi connectivity index (χ1v) is 4.94. The van der Waals surface area contributed by atoms with Crippen molar-refractivity contribution in [1.29, 1.82) is 0 Å². The van der Waals surface area contributed by atoms with Gasteiger partial charge in [-0.15, -0.1) is 13.2 Å².